The first kappa shape index (κ1) is 12.0. The lowest BCUT2D eigenvalue weighted by Crippen LogP contribution is -2.32. The van der Waals surface area contributed by atoms with Gasteiger partial charge in [0.2, 0.25) is 0 Å². The van der Waals surface area contributed by atoms with Crippen molar-refractivity contribution in [1.82, 2.24) is 5.32 Å². The van der Waals surface area contributed by atoms with E-state index in [4.69, 9.17) is 0 Å². The fourth-order valence-corrected chi connectivity index (χ4v) is 1.92. The molecule has 0 bridgehead atoms. The molecule has 0 saturated heterocycles. The van der Waals surface area contributed by atoms with Crippen molar-refractivity contribution in [3.05, 3.63) is 0 Å². The molecule has 1 aliphatic carbocycles. The summed E-state index contributed by atoms with van der Waals surface area (Å²) in [5.74, 6) is 1.00. The SMILES string of the molecule is CCCNC(CCC(C)(C)C)C1CC1. The third-order valence-corrected chi connectivity index (χ3v) is 3.05. The van der Waals surface area contributed by atoms with Crippen molar-refractivity contribution in [2.45, 2.75) is 65.8 Å². The molecule has 1 heteroatoms. The molecule has 1 unspecified atom stereocenters. The highest BCUT2D eigenvalue weighted by Gasteiger charge is 2.31. The standard InChI is InChI=1S/C13H27N/c1-5-10-14-12(11-6-7-11)8-9-13(2,3)4/h11-12,14H,5-10H2,1-4H3. The second-order valence-corrected chi connectivity index (χ2v) is 6.00. The van der Waals surface area contributed by atoms with Crippen molar-refractivity contribution >= 4 is 0 Å². The van der Waals surface area contributed by atoms with Gasteiger partial charge < -0.3 is 5.32 Å². The average molecular weight is 197 g/mol. The van der Waals surface area contributed by atoms with Crippen LogP contribution >= 0.6 is 0 Å². The van der Waals surface area contributed by atoms with Crippen LogP contribution < -0.4 is 5.32 Å². The van der Waals surface area contributed by atoms with Gasteiger partial charge in [0.25, 0.3) is 0 Å². The van der Waals surface area contributed by atoms with Gasteiger partial charge >= 0.3 is 0 Å². The minimum Gasteiger partial charge on any atom is -0.314 e. The Kier molecular flexibility index (Phi) is 4.43. The van der Waals surface area contributed by atoms with Gasteiger partial charge in [0.1, 0.15) is 0 Å². The molecule has 1 nitrogen and oxygen atoms in total. The van der Waals surface area contributed by atoms with E-state index in [9.17, 15) is 0 Å². The van der Waals surface area contributed by atoms with Crippen molar-refractivity contribution in [1.29, 1.82) is 0 Å². The molecule has 1 fully saturated rings. The normalized spacial score (nSPS) is 19.7. The quantitative estimate of drug-likeness (QED) is 0.686. The Bertz CT molecular complexity index is 153. The zero-order chi connectivity index (χ0) is 10.6. The van der Waals surface area contributed by atoms with Gasteiger partial charge in [-0.2, -0.15) is 0 Å². The van der Waals surface area contributed by atoms with Crippen molar-refractivity contribution in [3.8, 4) is 0 Å². The maximum atomic E-state index is 3.70. The van der Waals surface area contributed by atoms with E-state index in [2.05, 4.69) is 33.0 Å². The van der Waals surface area contributed by atoms with E-state index in [1.165, 1.54) is 38.6 Å². The van der Waals surface area contributed by atoms with Gasteiger partial charge in [-0.05, 0) is 50.0 Å². The third kappa shape index (κ3) is 4.99. The lowest BCUT2D eigenvalue weighted by molar-refractivity contribution is 0.316. The van der Waals surface area contributed by atoms with Crippen molar-refractivity contribution < 1.29 is 0 Å². The number of hydrogen-bond acceptors (Lipinski definition) is 1. The Balaban J connectivity index is 2.21. The van der Waals surface area contributed by atoms with Crippen LogP contribution in [0, 0.1) is 11.3 Å². The maximum absolute atomic E-state index is 3.70. The molecule has 1 aliphatic rings. The lowest BCUT2D eigenvalue weighted by atomic mass is 9.88. The Labute approximate surface area is 89.7 Å². The highest BCUT2D eigenvalue weighted by atomic mass is 14.9. The molecule has 0 aromatic rings. The second-order valence-electron chi connectivity index (χ2n) is 6.00. The van der Waals surface area contributed by atoms with Gasteiger partial charge in [0, 0.05) is 6.04 Å². The Morgan fingerprint density at radius 2 is 1.93 bits per heavy atom. The Morgan fingerprint density at radius 3 is 2.36 bits per heavy atom. The minimum absolute atomic E-state index is 0.501. The summed E-state index contributed by atoms with van der Waals surface area (Å²) in [5.41, 5.74) is 0.501. The van der Waals surface area contributed by atoms with Gasteiger partial charge in [-0.25, -0.2) is 0 Å². The fraction of sp³-hybridized carbons (Fsp3) is 1.00. The zero-order valence-corrected chi connectivity index (χ0v) is 10.4. The van der Waals surface area contributed by atoms with E-state index in [0.717, 1.165) is 12.0 Å². The molecule has 1 rings (SSSR count). The molecule has 1 atom stereocenters. The first-order valence-electron chi connectivity index (χ1n) is 6.26. The number of hydrogen-bond donors (Lipinski definition) is 1. The van der Waals surface area contributed by atoms with Gasteiger partial charge in [0.15, 0.2) is 0 Å². The highest BCUT2D eigenvalue weighted by molar-refractivity contribution is 4.87. The molecule has 0 radical (unpaired) electrons. The largest absolute Gasteiger partial charge is 0.314 e. The van der Waals surface area contributed by atoms with Crippen LogP contribution in [0.2, 0.25) is 0 Å². The average Bonchev–Trinajstić information content (AvgIpc) is 2.86. The molecule has 14 heavy (non-hydrogen) atoms. The lowest BCUT2D eigenvalue weighted by Gasteiger charge is -2.24. The summed E-state index contributed by atoms with van der Waals surface area (Å²) in [4.78, 5) is 0. The zero-order valence-electron chi connectivity index (χ0n) is 10.4. The van der Waals surface area contributed by atoms with E-state index in [-0.39, 0.29) is 0 Å². The first-order chi connectivity index (χ1) is 6.53. The van der Waals surface area contributed by atoms with Gasteiger partial charge in [0.05, 0.1) is 0 Å². The predicted molar refractivity (Wildman–Crippen MR) is 63.5 cm³/mol. The van der Waals surface area contributed by atoms with Crippen LogP contribution in [0.1, 0.15) is 59.8 Å². The summed E-state index contributed by atoms with van der Waals surface area (Å²) in [5, 5.41) is 3.70. The maximum Gasteiger partial charge on any atom is 0.00955 e. The predicted octanol–water partition coefficient (Wildman–Crippen LogP) is 3.59. The molecule has 0 spiro atoms. The molecule has 0 amide bonds. The molecule has 0 aliphatic heterocycles. The molecule has 1 saturated carbocycles. The second kappa shape index (κ2) is 5.16. The molecule has 0 aromatic carbocycles. The smallest absolute Gasteiger partial charge is 0.00955 e. The summed E-state index contributed by atoms with van der Waals surface area (Å²) >= 11 is 0. The van der Waals surface area contributed by atoms with E-state index in [0.29, 0.717) is 5.41 Å². The van der Waals surface area contributed by atoms with E-state index in [1.807, 2.05) is 0 Å². The monoisotopic (exact) mass is 197 g/mol. The molecular weight excluding hydrogens is 170 g/mol. The summed E-state index contributed by atoms with van der Waals surface area (Å²) in [6.45, 7) is 10.5. The molecular formula is C13H27N. The van der Waals surface area contributed by atoms with Crippen molar-refractivity contribution in [2.24, 2.45) is 11.3 Å². The van der Waals surface area contributed by atoms with Crippen LogP contribution in [0.3, 0.4) is 0 Å². The van der Waals surface area contributed by atoms with Crippen LogP contribution in [0.15, 0.2) is 0 Å². The van der Waals surface area contributed by atoms with Crippen molar-refractivity contribution in [2.75, 3.05) is 6.54 Å². The summed E-state index contributed by atoms with van der Waals surface area (Å²) in [6.07, 6.45) is 6.91. The van der Waals surface area contributed by atoms with E-state index < -0.39 is 0 Å². The van der Waals surface area contributed by atoms with E-state index in [1.54, 1.807) is 0 Å². The van der Waals surface area contributed by atoms with Crippen molar-refractivity contribution in [3.63, 3.8) is 0 Å². The van der Waals surface area contributed by atoms with Gasteiger partial charge in [-0.3, -0.25) is 0 Å². The van der Waals surface area contributed by atoms with Gasteiger partial charge in [-0.1, -0.05) is 27.7 Å². The topological polar surface area (TPSA) is 12.0 Å². The van der Waals surface area contributed by atoms with Crippen LogP contribution in [0.25, 0.3) is 0 Å². The van der Waals surface area contributed by atoms with Crippen LogP contribution in [0.4, 0.5) is 0 Å². The molecule has 0 aromatic heterocycles. The Morgan fingerprint density at radius 1 is 1.29 bits per heavy atom. The molecule has 1 N–H and O–H groups in total. The summed E-state index contributed by atoms with van der Waals surface area (Å²) < 4.78 is 0. The third-order valence-electron chi connectivity index (χ3n) is 3.05. The van der Waals surface area contributed by atoms with Crippen LogP contribution in [-0.2, 0) is 0 Å². The van der Waals surface area contributed by atoms with Crippen LogP contribution in [0.5, 0.6) is 0 Å². The molecule has 84 valence electrons. The minimum atomic E-state index is 0.501. The Hall–Kier alpha value is -0.0400. The first-order valence-corrected chi connectivity index (χ1v) is 6.26. The number of nitrogens with one attached hydrogen (secondary N) is 1. The van der Waals surface area contributed by atoms with Gasteiger partial charge in [-0.15, -0.1) is 0 Å². The van der Waals surface area contributed by atoms with Crippen LogP contribution in [-0.4, -0.2) is 12.6 Å². The molecule has 0 heterocycles. The fourth-order valence-electron chi connectivity index (χ4n) is 1.92. The summed E-state index contributed by atoms with van der Waals surface area (Å²) in [7, 11) is 0. The van der Waals surface area contributed by atoms with E-state index >= 15 is 0 Å². The highest BCUT2D eigenvalue weighted by Crippen LogP contribution is 2.36. The number of rotatable bonds is 6. The summed E-state index contributed by atoms with van der Waals surface area (Å²) in [6, 6.07) is 0.814.